The first-order chi connectivity index (χ1) is 10.5. The highest BCUT2D eigenvalue weighted by Gasteiger charge is 2.16. The number of benzene rings is 2. The van der Waals surface area contributed by atoms with Crippen LogP contribution in [0.3, 0.4) is 0 Å². The van der Waals surface area contributed by atoms with Crippen LogP contribution in [0.25, 0.3) is 22.4 Å². The number of imidazole rings is 1. The van der Waals surface area contributed by atoms with Gasteiger partial charge in [-0.3, -0.25) is 14.3 Å². The van der Waals surface area contributed by atoms with E-state index >= 15 is 0 Å². The number of allylic oxidation sites excluding steroid dienone is 1. The lowest BCUT2D eigenvalue weighted by Crippen LogP contribution is -2.23. The normalized spacial score (nSPS) is 10.9. The molecule has 1 N–H and O–H groups in total. The van der Waals surface area contributed by atoms with E-state index in [0.717, 1.165) is 0 Å². The van der Waals surface area contributed by atoms with E-state index < -0.39 is 0 Å². The minimum absolute atomic E-state index is 0.00535. The zero-order valence-corrected chi connectivity index (χ0v) is 11.9. The van der Waals surface area contributed by atoms with E-state index in [4.69, 9.17) is 0 Å². The highest BCUT2D eigenvalue weighted by Crippen LogP contribution is 2.26. The number of para-hydroxylation sites is 4. The molecule has 112 valence electrons. The molecule has 0 unspecified atom stereocenters. The Balaban J connectivity index is 2.46. The van der Waals surface area contributed by atoms with Crippen LogP contribution in [0.4, 0.5) is 5.69 Å². The number of rotatable bonds is 3. The monoisotopic (exact) mass is 296 g/mol. The van der Waals surface area contributed by atoms with Crippen molar-refractivity contribution in [3.63, 3.8) is 0 Å². The summed E-state index contributed by atoms with van der Waals surface area (Å²) in [4.78, 5) is 12.8. The molecule has 0 aliphatic carbocycles. The maximum absolute atomic E-state index is 12.8. The van der Waals surface area contributed by atoms with Crippen LogP contribution in [0.5, 0.6) is 0 Å². The fourth-order valence-electron chi connectivity index (χ4n) is 2.57. The van der Waals surface area contributed by atoms with Crippen LogP contribution in [0, 0.1) is 5.21 Å². The SMILES string of the molecule is C=C(C)n1c(=O)n(-c2ccccc2N([O-])O)c2ccccc21. The van der Waals surface area contributed by atoms with Crippen molar-refractivity contribution in [2.75, 3.05) is 5.23 Å². The molecule has 0 amide bonds. The Labute approximate surface area is 126 Å². The van der Waals surface area contributed by atoms with Gasteiger partial charge in [0.05, 0.1) is 22.4 Å². The van der Waals surface area contributed by atoms with E-state index in [1.165, 1.54) is 15.2 Å². The van der Waals surface area contributed by atoms with Gasteiger partial charge < -0.3 is 10.4 Å². The Kier molecular flexibility index (Phi) is 3.32. The molecule has 0 fully saturated rings. The molecule has 1 heterocycles. The summed E-state index contributed by atoms with van der Waals surface area (Å²) in [5.41, 5.74) is 1.84. The fourth-order valence-corrected chi connectivity index (χ4v) is 2.57. The minimum Gasteiger partial charge on any atom is -0.733 e. The number of hydrogen-bond donors (Lipinski definition) is 1. The van der Waals surface area contributed by atoms with Crippen LogP contribution in [0.1, 0.15) is 6.92 Å². The van der Waals surface area contributed by atoms with Gasteiger partial charge in [-0.05, 0) is 31.2 Å². The molecule has 0 spiro atoms. The molecule has 6 heteroatoms. The molecule has 0 atom stereocenters. The largest absolute Gasteiger partial charge is 0.733 e. The summed E-state index contributed by atoms with van der Waals surface area (Å²) in [6.45, 7) is 5.56. The lowest BCUT2D eigenvalue weighted by molar-refractivity contribution is 0.296. The quantitative estimate of drug-likeness (QED) is 0.754. The van der Waals surface area contributed by atoms with Gasteiger partial charge in [-0.1, -0.05) is 30.8 Å². The first-order valence-corrected chi connectivity index (χ1v) is 6.66. The summed E-state index contributed by atoms with van der Waals surface area (Å²) in [5.74, 6) is 0. The van der Waals surface area contributed by atoms with Gasteiger partial charge in [0.25, 0.3) is 0 Å². The number of anilines is 1. The summed E-state index contributed by atoms with van der Waals surface area (Å²) in [6.07, 6.45) is 0. The zero-order chi connectivity index (χ0) is 15.9. The Hall–Kier alpha value is -2.83. The average molecular weight is 296 g/mol. The van der Waals surface area contributed by atoms with E-state index in [9.17, 15) is 15.2 Å². The molecule has 1 aromatic heterocycles. The smallest absolute Gasteiger partial charge is 0.338 e. The average Bonchev–Trinajstić information content (AvgIpc) is 2.79. The number of hydrogen-bond acceptors (Lipinski definition) is 4. The molecule has 0 saturated heterocycles. The number of aromatic nitrogens is 2. The van der Waals surface area contributed by atoms with Crippen LogP contribution in [0.2, 0.25) is 0 Å². The highest BCUT2D eigenvalue weighted by molar-refractivity contribution is 5.82. The third-order valence-corrected chi connectivity index (χ3v) is 3.46. The van der Waals surface area contributed by atoms with Crippen molar-refractivity contribution in [2.45, 2.75) is 6.92 Å². The van der Waals surface area contributed by atoms with Gasteiger partial charge in [0.2, 0.25) is 0 Å². The maximum atomic E-state index is 12.8. The predicted octanol–water partition coefficient (Wildman–Crippen LogP) is 2.98. The third kappa shape index (κ3) is 2.02. The summed E-state index contributed by atoms with van der Waals surface area (Å²) in [5, 5.41) is 20.4. The van der Waals surface area contributed by atoms with Crippen LogP contribution < -0.4 is 10.9 Å². The van der Waals surface area contributed by atoms with Crippen molar-refractivity contribution in [1.29, 1.82) is 0 Å². The van der Waals surface area contributed by atoms with Gasteiger partial charge in [-0.25, -0.2) is 4.79 Å². The van der Waals surface area contributed by atoms with Crippen LogP contribution >= 0.6 is 0 Å². The van der Waals surface area contributed by atoms with Gasteiger partial charge in [-0.15, -0.1) is 0 Å². The van der Waals surface area contributed by atoms with Gasteiger partial charge in [-0.2, -0.15) is 0 Å². The lowest BCUT2D eigenvalue weighted by Gasteiger charge is -2.24. The van der Waals surface area contributed by atoms with E-state index in [0.29, 0.717) is 22.4 Å². The van der Waals surface area contributed by atoms with Crippen molar-refractivity contribution in [3.05, 3.63) is 70.8 Å². The first kappa shape index (κ1) is 14.1. The van der Waals surface area contributed by atoms with Gasteiger partial charge in [0, 0.05) is 5.70 Å². The molecule has 0 aliphatic rings. The molecule has 3 aromatic rings. The second-order valence-corrected chi connectivity index (χ2v) is 4.94. The van der Waals surface area contributed by atoms with Gasteiger partial charge >= 0.3 is 5.69 Å². The summed E-state index contributed by atoms with van der Waals surface area (Å²) >= 11 is 0. The molecule has 0 aliphatic heterocycles. The summed E-state index contributed by atoms with van der Waals surface area (Å²) < 4.78 is 2.86. The molecule has 6 nitrogen and oxygen atoms in total. The molecular formula is C16H14N3O3-. The Morgan fingerprint density at radius 3 is 2.36 bits per heavy atom. The van der Waals surface area contributed by atoms with Gasteiger partial charge in [0.15, 0.2) is 0 Å². The molecule has 0 bridgehead atoms. The molecule has 22 heavy (non-hydrogen) atoms. The lowest BCUT2D eigenvalue weighted by atomic mass is 10.2. The molecule has 0 saturated carbocycles. The molecule has 0 radical (unpaired) electrons. The second kappa shape index (κ2) is 5.18. The number of fused-ring (bicyclic) bond motifs is 1. The zero-order valence-electron chi connectivity index (χ0n) is 11.9. The van der Waals surface area contributed by atoms with Crippen molar-refractivity contribution >= 4 is 22.4 Å². The van der Waals surface area contributed by atoms with Crippen LogP contribution in [-0.4, -0.2) is 14.3 Å². The van der Waals surface area contributed by atoms with Gasteiger partial charge in [0.1, 0.15) is 0 Å². The molecule has 2 aromatic carbocycles. The highest BCUT2D eigenvalue weighted by atomic mass is 16.8. The van der Waals surface area contributed by atoms with E-state index in [1.54, 1.807) is 43.3 Å². The Bertz CT molecular complexity index is 922. The predicted molar refractivity (Wildman–Crippen MR) is 86.2 cm³/mol. The standard InChI is InChI=1S/C16H14N3O3/c1-11(2)17-12-7-3-4-8-13(12)18(16(17)20)14-9-5-6-10-15(14)19(21)22/h3-10,21H,1H2,2H3/q-1. The molecular weight excluding hydrogens is 282 g/mol. The summed E-state index contributed by atoms with van der Waals surface area (Å²) in [7, 11) is 0. The first-order valence-electron chi connectivity index (χ1n) is 6.66. The van der Waals surface area contributed by atoms with E-state index in [-0.39, 0.29) is 16.6 Å². The van der Waals surface area contributed by atoms with Crippen LogP contribution in [-0.2, 0) is 0 Å². The minimum atomic E-state index is -0.344. The van der Waals surface area contributed by atoms with E-state index in [2.05, 4.69) is 6.58 Å². The Morgan fingerprint density at radius 1 is 1.14 bits per heavy atom. The van der Waals surface area contributed by atoms with Crippen molar-refractivity contribution in [2.24, 2.45) is 0 Å². The maximum Gasteiger partial charge on any atom is 0.338 e. The van der Waals surface area contributed by atoms with Crippen LogP contribution in [0.15, 0.2) is 59.9 Å². The summed E-state index contributed by atoms with van der Waals surface area (Å²) in [6, 6.07) is 13.6. The fraction of sp³-hybridized carbons (Fsp3) is 0.0625. The van der Waals surface area contributed by atoms with Crippen molar-refractivity contribution < 1.29 is 5.21 Å². The van der Waals surface area contributed by atoms with Crippen molar-refractivity contribution in [1.82, 2.24) is 9.13 Å². The van der Waals surface area contributed by atoms with Crippen molar-refractivity contribution in [3.8, 4) is 5.69 Å². The topological polar surface area (TPSA) is 73.5 Å². The third-order valence-electron chi connectivity index (χ3n) is 3.46. The Morgan fingerprint density at radius 2 is 1.73 bits per heavy atom. The van der Waals surface area contributed by atoms with E-state index in [1.807, 2.05) is 6.07 Å². The number of nitrogens with zero attached hydrogens (tertiary/aromatic N) is 3. The second-order valence-electron chi connectivity index (χ2n) is 4.94. The molecule has 3 rings (SSSR count).